The maximum absolute atomic E-state index is 13.7. The van der Waals surface area contributed by atoms with Gasteiger partial charge >= 0.3 is 0 Å². The van der Waals surface area contributed by atoms with E-state index in [0.29, 0.717) is 35.4 Å². The van der Waals surface area contributed by atoms with Gasteiger partial charge in [0.05, 0.1) is 35.3 Å². The smallest absolute Gasteiger partial charge is 0.261 e. The van der Waals surface area contributed by atoms with Crippen molar-refractivity contribution in [1.29, 1.82) is 0 Å². The summed E-state index contributed by atoms with van der Waals surface area (Å²) in [6.45, 7) is 0.830. The zero-order valence-corrected chi connectivity index (χ0v) is 19.5. The second kappa shape index (κ2) is 9.12. The molecule has 2 heterocycles. The fourth-order valence-electron chi connectivity index (χ4n) is 4.71. The molecular formula is C31H23N3O2. The summed E-state index contributed by atoms with van der Waals surface area (Å²) in [5.74, 6) is 0.357. The monoisotopic (exact) mass is 469 g/mol. The van der Waals surface area contributed by atoms with Gasteiger partial charge in [-0.3, -0.25) is 14.2 Å². The number of carbonyl (C=O) groups excluding carboxylic acids is 1. The molecule has 36 heavy (non-hydrogen) atoms. The zero-order chi connectivity index (χ0) is 24.5. The van der Waals surface area contributed by atoms with Crippen molar-refractivity contribution in [2.24, 2.45) is 0 Å². The fraction of sp³-hybridized carbons (Fsp3) is 0.0645. The van der Waals surface area contributed by atoms with Crippen LogP contribution >= 0.6 is 0 Å². The van der Waals surface area contributed by atoms with Crippen LogP contribution in [0.3, 0.4) is 0 Å². The van der Waals surface area contributed by atoms with E-state index in [4.69, 9.17) is 4.98 Å². The highest BCUT2D eigenvalue weighted by Crippen LogP contribution is 2.38. The number of carbonyl (C=O) groups is 1. The molecule has 0 bridgehead atoms. The first kappa shape index (κ1) is 21.7. The van der Waals surface area contributed by atoms with E-state index in [9.17, 15) is 9.59 Å². The minimum absolute atomic E-state index is 0.103. The summed E-state index contributed by atoms with van der Waals surface area (Å²) in [5.41, 5.74) is 4.74. The number of fused-ring (bicyclic) bond motifs is 2. The van der Waals surface area contributed by atoms with Crippen LogP contribution in [0.2, 0.25) is 0 Å². The van der Waals surface area contributed by atoms with Gasteiger partial charge in [0, 0.05) is 5.56 Å². The molecule has 0 radical (unpaired) electrons. The quantitative estimate of drug-likeness (QED) is 0.318. The Balaban J connectivity index is 1.50. The van der Waals surface area contributed by atoms with Crippen molar-refractivity contribution in [3.05, 3.63) is 142 Å². The van der Waals surface area contributed by atoms with E-state index in [1.807, 2.05) is 103 Å². The topological polar surface area (TPSA) is 55.2 Å². The first-order valence-corrected chi connectivity index (χ1v) is 11.9. The summed E-state index contributed by atoms with van der Waals surface area (Å²) >= 11 is 0. The second-order valence-corrected chi connectivity index (χ2v) is 8.82. The van der Waals surface area contributed by atoms with Gasteiger partial charge in [-0.05, 0) is 35.4 Å². The molecule has 0 spiro atoms. The number of nitrogens with zero attached hydrogens (tertiary/aromatic N) is 3. The normalized spacial score (nSPS) is 13.9. The van der Waals surface area contributed by atoms with Crippen LogP contribution in [-0.2, 0) is 17.9 Å². The van der Waals surface area contributed by atoms with Crippen LogP contribution in [0.1, 0.15) is 22.5 Å². The first-order chi connectivity index (χ1) is 17.7. The first-order valence-electron chi connectivity index (χ1n) is 11.9. The van der Waals surface area contributed by atoms with Gasteiger partial charge in [-0.1, -0.05) is 91.0 Å². The van der Waals surface area contributed by atoms with E-state index in [1.54, 1.807) is 21.6 Å². The number of hydrogen-bond donors (Lipinski definition) is 0. The minimum Gasteiger partial charge on any atom is -0.303 e. The van der Waals surface area contributed by atoms with Gasteiger partial charge in [-0.15, -0.1) is 0 Å². The van der Waals surface area contributed by atoms with Crippen LogP contribution in [0.4, 0.5) is 5.69 Å². The molecule has 4 aromatic carbocycles. The Morgan fingerprint density at radius 1 is 0.667 bits per heavy atom. The van der Waals surface area contributed by atoms with E-state index < -0.39 is 0 Å². The molecule has 0 aliphatic carbocycles. The molecule has 0 fully saturated rings. The van der Waals surface area contributed by atoms with E-state index in [0.717, 1.165) is 22.4 Å². The van der Waals surface area contributed by atoms with Crippen molar-refractivity contribution in [3.63, 3.8) is 0 Å². The number of aromatic nitrogens is 2. The number of amides is 1. The lowest BCUT2D eigenvalue weighted by atomic mass is 10.1. The minimum atomic E-state index is -0.129. The highest BCUT2D eigenvalue weighted by atomic mass is 16.2. The number of anilines is 1. The Labute approximate surface area is 208 Å². The number of benzene rings is 4. The van der Waals surface area contributed by atoms with Gasteiger partial charge < -0.3 is 4.90 Å². The number of hydrogen-bond acceptors (Lipinski definition) is 3. The SMILES string of the molecule is O=C1/C(=C\c2nc3ccccc3c(=O)n2Cc2ccccc2)c2ccccc2N1Cc1ccccc1. The molecule has 6 rings (SSSR count). The molecule has 5 aromatic rings. The van der Waals surface area contributed by atoms with E-state index in [1.165, 1.54) is 0 Å². The molecule has 1 aliphatic rings. The highest BCUT2D eigenvalue weighted by molar-refractivity contribution is 6.35. The Hall–Kier alpha value is -4.77. The van der Waals surface area contributed by atoms with Crippen molar-refractivity contribution in [1.82, 2.24) is 9.55 Å². The van der Waals surface area contributed by atoms with Gasteiger partial charge in [0.1, 0.15) is 5.82 Å². The van der Waals surface area contributed by atoms with E-state index in [-0.39, 0.29) is 11.5 Å². The van der Waals surface area contributed by atoms with Crippen LogP contribution in [0.15, 0.2) is 114 Å². The molecule has 0 unspecified atom stereocenters. The Bertz CT molecular complexity index is 1670. The predicted octanol–water partition coefficient (Wildman–Crippen LogP) is 5.53. The standard InChI is InChI=1S/C31H23N3O2/c35-30-25-16-7-9-17-27(25)32-29(34(30)21-23-13-5-2-6-14-23)19-26-24-15-8-10-18-28(24)33(31(26)36)20-22-11-3-1-4-12-22/h1-19H,20-21H2/b26-19-. The van der Waals surface area contributed by atoms with Crippen LogP contribution in [0, 0.1) is 0 Å². The van der Waals surface area contributed by atoms with E-state index in [2.05, 4.69) is 0 Å². The van der Waals surface area contributed by atoms with Crippen LogP contribution in [0.5, 0.6) is 0 Å². The molecule has 1 aliphatic heterocycles. The largest absolute Gasteiger partial charge is 0.303 e. The fourth-order valence-corrected chi connectivity index (χ4v) is 4.71. The van der Waals surface area contributed by atoms with Crippen LogP contribution in [0.25, 0.3) is 22.6 Å². The highest BCUT2D eigenvalue weighted by Gasteiger charge is 2.32. The summed E-state index contributed by atoms with van der Waals surface area (Å²) in [6.07, 6.45) is 1.77. The summed E-state index contributed by atoms with van der Waals surface area (Å²) in [5, 5.41) is 0.555. The van der Waals surface area contributed by atoms with E-state index >= 15 is 0 Å². The lowest BCUT2D eigenvalue weighted by Crippen LogP contribution is -2.26. The third kappa shape index (κ3) is 3.91. The number of para-hydroxylation sites is 2. The third-order valence-electron chi connectivity index (χ3n) is 6.49. The van der Waals surface area contributed by atoms with Gasteiger partial charge in [0.15, 0.2) is 0 Å². The van der Waals surface area contributed by atoms with Crippen LogP contribution < -0.4 is 10.5 Å². The van der Waals surface area contributed by atoms with Crippen molar-refractivity contribution in [2.75, 3.05) is 4.90 Å². The molecule has 0 N–H and O–H groups in total. The van der Waals surface area contributed by atoms with Crippen LogP contribution in [-0.4, -0.2) is 15.5 Å². The summed E-state index contributed by atoms with van der Waals surface area (Å²) in [4.78, 5) is 33.9. The lowest BCUT2D eigenvalue weighted by molar-refractivity contribution is -0.113. The van der Waals surface area contributed by atoms with Gasteiger partial charge in [0.2, 0.25) is 0 Å². The van der Waals surface area contributed by atoms with Crippen molar-refractivity contribution >= 4 is 34.1 Å². The van der Waals surface area contributed by atoms with Crippen molar-refractivity contribution in [3.8, 4) is 0 Å². The summed E-state index contributed by atoms with van der Waals surface area (Å²) in [7, 11) is 0. The molecule has 5 nitrogen and oxygen atoms in total. The Morgan fingerprint density at radius 3 is 2.03 bits per heavy atom. The molecular weight excluding hydrogens is 446 g/mol. The average molecular weight is 470 g/mol. The maximum atomic E-state index is 13.7. The molecule has 0 saturated heterocycles. The van der Waals surface area contributed by atoms with Crippen molar-refractivity contribution < 1.29 is 4.79 Å². The zero-order valence-electron chi connectivity index (χ0n) is 19.5. The third-order valence-corrected chi connectivity index (χ3v) is 6.49. The maximum Gasteiger partial charge on any atom is 0.261 e. The second-order valence-electron chi connectivity index (χ2n) is 8.82. The molecule has 0 saturated carbocycles. The molecule has 1 amide bonds. The summed E-state index contributed by atoms with van der Waals surface area (Å²) < 4.78 is 1.65. The van der Waals surface area contributed by atoms with Gasteiger partial charge in [0.25, 0.3) is 11.5 Å². The summed E-state index contributed by atoms with van der Waals surface area (Å²) in [6, 6.07) is 34.9. The predicted molar refractivity (Wildman–Crippen MR) is 143 cm³/mol. The average Bonchev–Trinajstić information content (AvgIpc) is 3.18. The lowest BCUT2D eigenvalue weighted by Gasteiger charge is -2.17. The molecule has 5 heteroatoms. The van der Waals surface area contributed by atoms with Gasteiger partial charge in [-0.25, -0.2) is 4.98 Å². The molecule has 174 valence electrons. The number of rotatable bonds is 5. The van der Waals surface area contributed by atoms with Crippen molar-refractivity contribution in [2.45, 2.75) is 13.1 Å². The molecule has 1 aromatic heterocycles. The molecule has 0 atom stereocenters. The Morgan fingerprint density at radius 2 is 1.28 bits per heavy atom. The van der Waals surface area contributed by atoms with Gasteiger partial charge in [-0.2, -0.15) is 0 Å². The Kier molecular flexibility index (Phi) is 5.51.